The van der Waals surface area contributed by atoms with Gasteiger partial charge in [0.1, 0.15) is 17.2 Å². The number of piperidine rings is 1. The molecule has 0 saturated carbocycles. The number of rotatable bonds is 2. The summed E-state index contributed by atoms with van der Waals surface area (Å²) in [5.41, 5.74) is 3.74. The molecular formula is C20H20FN3O. The number of imidazole rings is 1. The lowest BCUT2D eigenvalue weighted by atomic mass is 10.1. The molecule has 0 bridgehead atoms. The fourth-order valence-corrected chi connectivity index (χ4v) is 3.35. The van der Waals surface area contributed by atoms with Gasteiger partial charge in [-0.2, -0.15) is 0 Å². The molecule has 0 aliphatic carbocycles. The first-order chi connectivity index (χ1) is 12.1. The number of amides is 1. The molecule has 1 aliphatic rings. The Morgan fingerprint density at radius 3 is 2.56 bits per heavy atom. The highest BCUT2D eigenvalue weighted by molar-refractivity contribution is 5.93. The van der Waals surface area contributed by atoms with Crippen molar-refractivity contribution in [2.45, 2.75) is 26.2 Å². The van der Waals surface area contributed by atoms with Crippen LogP contribution in [0.2, 0.25) is 0 Å². The van der Waals surface area contributed by atoms with Gasteiger partial charge < -0.3 is 9.30 Å². The zero-order valence-electron chi connectivity index (χ0n) is 14.2. The number of benzene rings is 1. The molecule has 0 radical (unpaired) electrons. The number of fused-ring (bicyclic) bond motifs is 1. The normalized spacial score (nSPS) is 14.9. The van der Waals surface area contributed by atoms with Crippen molar-refractivity contribution in [2.24, 2.45) is 0 Å². The minimum Gasteiger partial charge on any atom is -0.337 e. The second-order valence-electron chi connectivity index (χ2n) is 6.63. The largest absolute Gasteiger partial charge is 0.337 e. The molecule has 3 heterocycles. The van der Waals surface area contributed by atoms with Gasteiger partial charge in [-0.1, -0.05) is 6.07 Å². The van der Waals surface area contributed by atoms with Crippen LogP contribution >= 0.6 is 0 Å². The number of nitrogens with zero attached hydrogens (tertiary/aromatic N) is 3. The average molecular weight is 337 g/mol. The third-order valence-corrected chi connectivity index (χ3v) is 4.80. The molecule has 1 aliphatic heterocycles. The highest BCUT2D eigenvalue weighted by atomic mass is 19.1. The van der Waals surface area contributed by atoms with Gasteiger partial charge >= 0.3 is 0 Å². The summed E-state index contributed by atoms with van der Waals surface area (Å²) >= 11 is 0. The maximum absolute atomic E-state index is 13.5. The molecule has 5 heteroatoms. The van der Waals surface area contributed by atoms with Crippen LogP contribution in [0.3, 0.4) is 0 Å². The first-order valence-corrected chi connectivity index (χ1v) is 8.66. The van der Waals surface area contributed by atoms with Crippen molar-refractivity contribution < 1.29 is 9.18 Å². The summed E-state index contributed by atoms with van der Waals surface area (Å²) in [5.74, 6) is -0.204. The van der Waals surface area contributed by atoms with Gasteiger partial charge in [-0.05, 0) is 67.1 Å². The Hall–Kier alpha value is -2.69. The van der Waals surface area contributed by atoms with Gasteiger partial charge in [-0.3, -0.25) is 4.79 Å². The molecule has 0 unspecified atom stereocenters. The van der Waals surface area contributed by atoms with Crippen LogP contribution in [-0.4, -0.2) is 33.3 Å². The van der Waals surface area contributed by atoms with Crippen molar-refractivity contribution in [1.82, 2.24) is 14.3 Å². The van der Waals surface area contributed by atoms with Gasteiger partial charge in [0.15, 0.2) is 0 Å². The molecular weight excluding hydrogens is 317 g/mol. The number of carbonyl (C=O) groups excluding carboxylic acids is 1. The Labute approximate surface area is 145 Å². The second-order valence-corrected chi connectivity index (χ2v) is 6.63. The van der Waals surface area contributed by atoms with Crippen molar-refractivity contribution in [3.63, 3.8) is 0 Å². The van der Waals surface area contributed by atoms with Crippen molar-refractivity contribution >= 4 is 11.6 Å². The quantitative estimate of drug-likeness (QED) is 0.707. The SMILES string of the molecule is Cc1cc(-c2ccc3nc(C(=O)N4CCCCC4)cn3c2)ccc1F. The zero-order chi connectivity index (χ0) is 17.4. The van der Waals surface area contributed by atoms with E-state index in [9.17, 15) is 9.18 Å². The summed E-state index contributed by atoms with van der Waals surface area (Å²) < 4.78 is 15.3. The van der Waals surface area contributed by atoms with Crippen molar-refractivity contribution in [2.75, 3.05) is 13.1 Å². The number of likely N-dealkylation sites (tertiary alicyclic amines) is 1. The topological polar surface area (TPSA) is 37.6 Å². The molecule has 1 aromatic carbocycles. The van der Waals surface area contributed by atoms with E-state index in [1.165, 1.54) is 12.5 Å². The number of pyridine rings is 1. The Bertz CT molecular complexity index is 941. The summed E-state index contributed by atoms with van der Waals surface area (Å²) in [4.78, 5) is 19.0. The van der Waals surface area contributed by atoms with Crippen LogP contribution in [0.25, 0.3) is 16.8 Å². The first-order valence-electron chi connectivity index (χ1n) is 8.66. The highest BCUT2D eigenvalue weighted by Crippen LogP contribution is 2.23. The van der Waals surface area contributed by atoms with Gasteiger partial charge in [0, 0.05) is 25.5 Å². The lowest BCUT2D eigenvalue weighted by Crippen LogP contribution is -2.35. The molecule has 1 fully saturated rings. The van der Waals surface area contributed by atoms with Gasteiger partial charge in [0.05, 0.1) is 0 Å². The number of halogens is 1. The first kappa shape index (κ1) is 15.8. The minimum atomic E-state index is -0.207. The van der Waals surface area contributed by atoms with Gasteiger partial charge in [0.25, 0.3) is 5.91 Å². The van der Waals surface area contributed by atoms with E-state index in [0.717, 1.165) is 42.7 Å². The number of aromatic nitrogens is 2. The lowest BCUT2D eigenvalue weighted by molar-refractivity contribution is 0.0719. The Balaban J connectivity index is 1.67. The molecule has 25 heavy (non-hydrogen) atoms. The molecule has 0 atom stereocenters. The molecule has 2 aromatic heterocycles. The number of carbonyl (C=O) groups is 1. The van der Waals surface area contributed by atoms with E-state index in [1.54, 1.807) is 19.2 Å². The van der Waals surface area contributed by atoms with E-state index in [4.69, 9.17) is 0 Å². The third-order valence-electron chi connectivity index (χ3n) is 4.80. The predicted octanol–water partition coefficient (Wildman–Crippen LogP) is 4.07. The number of hydrogen-bond acceptors (Lipinski definition) is 2. The minimum absolute atomic E-state index is 0.00239. The summed E-state index contributed by atoms with van der Waals surface area (Å²) in [6.45, 7) is 3.38. The smallest absolute Gasteiger partial charge is 0.274 e. The van der Waals surface area contributed by atoms with Gasteiger partial charge in [0.2, 0.25) is 0 Å². The molecule has 1 saturated heterocycles. The third kappa shape index (κ3) is 3.02. The molecule has 4 nitrogen and oxygen atoms in total. The zero-order valence-corrected chi connectivity index (χ0v) is 14.2. The summed E-state index contributed by atoms with van der Waals surface area (Å²) in [6, 6.07) is 8.91. The van der Waals surface area contributed by atoms with Crippen LogP contribution in [0, 0.1) is 12.7 Å². The average Bonchev–Trinajstić information content (AvgIpc) is 3.07. The molecule has 128 valence electrons. The van der Waals surface area contributed by atoms with Crippen LogP contribution in [-0.2, 0) is 0 Å². The monoisotopic (exact) mass is 337 g/mol. The van der Waals surface area contributed by atoms with E-state index < -0.39 is 0 Å². The maximum Gasteiger partial charge on any atom is 0.274 e. The summed E-state index contributed by atoms with van der Waals surface area (Å²) in [6.07, 6.45) is 7.03. The Morgan fingerprint density at radius 2 is 1.80 bits per heavy atom. The number of hydrogen-bond donors (Lipinski definition) is 0. The van der Waals surface area contributed by atoms with E-state index in [0.29, 0.717) is 11.3 Å². The summed E-state index contributed by atoms with van der Waals surface area (Å²) in [5, 5.41) is 0. The van der Waals surface area contributed by atoms with Crippen molar-refractivity contribution in [3.8, 4) is 11.1 Å². The van der Waals surface area contributed by atoms with Crippen molar-refractivity contribution in [1.29, 1.82) is 0 Å². The molecule has 0 N–H and O–H groups in total. The highest BCUT2D eigenvalue weighted by Gasteiger charge is 2.20. The maximum atomic E-state index is 13.5. The van der Waals surface area contributed by atoms with E-state index in [2.05, 4.69) is 4.98 Å². The standard InChI is InChI=1S/C20H20FN3O/c1-14-11-15(5-7-17(14)21)16-6-8-19-22-18(13-24(19)12-16)20(25)23-9-3-2-4-10-23/h5-8,11-13H,2-4,9-10H2,1H3. The fraction of sp³-hybridized carbons (Fsp3) is 0.300. The van der Waals surface area contributed by atoms with Crippen LogP contribution in [0.15, 0.2) is 42.7 Å². The van der Waals surface area contributed by atoms with Crippen molar-refractivity contribution in [3.05, 3.63) is 59.8 Å². The van der Waals surface area contributed by atoms with Crippen LogP contribution in [0.5, 0.6) is 0 Å². The molecule has 4 rings (SSSR count). The number of aryl methyl sites for hydroxylation is 1. The molecule has 0 spiro atoms. The lowest BCUT2D eigenvalue weighted by Gasteiger charge is -2.25. The Morgan fingerprint density at radius 1 is 1.04 bits per heavy atom. The van der Waals surface area contributed by atoms with Gasteiger partial charge in [-0.15, -0.1) is 0 Å². The van der Waals surface area contributed by atoms with Crippen LogP contribution in [0.1, 0.15) is 35.3 Å². The molecule has 3 aromatic rings. The van der Waals surface area contributed by atoms with Crippen LogP contribution in [0.4, 0.5) is 4.39 Å². The fourth-order valence-electron chi connectivity index (χ4n) is 3.35. The Kier molecular flexibility index (Phi) is 3.99. The predicted molar refractivity (Wildman–Crippen MR) is 95.1 cm³/mol. The second kappa shape index (κ2) is 6.31. The van der Waals surface area contributed by atoms with Gasteiger partial charge in [-0.25, -0.2) is 9.37 Å². The summed E-state index contributed by atoms with van der Waals surface area (Å²) in [7, 11) is 0. The molecule has 1 amide bonds. The van der Waals surface area contributed by atoms with E-state index in [1.807, 2.05) is 33.7 Å². The van der Waals surface area contributed by atoms with Crippen LogP contribution < -0.4 is 0 Å². The van der Waals surface area contributed by atoms with E-state index >= 15 is 0 Å². The van der Waals surface area contributed by atoms with E-state index in [-0.39, 0.29) is 11.7 Å².